The lowest BCUT2D eigenvalue weighted by molar-refractivity contribution is 0.187. The van der Waals surface area contributed by atoms with Gasteiger partial charge in [0.2, 0.25) is 0 Å². The summed E-state index contributed by atoms with van der Waals surface area (Å²) in [6.45, 7) is 4.71. The molecule has 5 heteroatoms. The predicted molar refractivity (Wildman–Crippen MR) is 74.2 cm³/mol. The third-order valence-corrected chi connectivity index (χ3v) is 3.79. The van der Waals surface area contributed by atoms with E-state index in [0.717, 1.165) is 43.0 Å². The highest BCUT2D eigenvalue weighted by molar-refractivity contribution is 5.74. The molecule has 1 fully saturated rings. The summed E-state index contributed by atoms with van der Waals surface area (Å²) in [6, 6.07) is 2.37. The van der Waals surface area contributed by atoms with E-state index in [-0.39, 0.29) is 0 Å². The van der Waals surface area contributed by atoms with Gasteiger partial charge in [0.25, 0.3) is 0 Å². The molecule has 0 amide bonds. The zero-order chi connectivity index (χ0) is 13.2. The Hall–Kier alpha value is -1.46. The van der Waals surface area contributed by atoms with Crippen LogP contribution in [0.25, 0.3) is 11.0 Å². The van der Waals surface area contributed by atoms with Crippen LogP contribution in [-0.2, 0) is 11.8 Å². The van der Waals surface area contributed by atoms with E-state index in [9.17, 15) is 0 Å². The molecule has 3 heterocycles. The van der Waals surface area contributed by atoms with Crippen molar-refractivity contribution < 1.29 is 4.74 Å². The summed E-state index contributed by atoms with van der Waals surface area (Å²) in [7, 11) is 2.07. The molecule has 0 spiro atoms. The number of ether oxygens (including phenoxy) is 1. The van der Waals surface area contributed by atoms with Crippen LogP contribution in [0.4, 0.5) is 0 Å². The molecule has 19 heavy (non-hydrogen) atoms. The molecule has 0 bridgehead atoms. The SMILES string of the molecule is CCCNC1COCC1c1nc2cnccc2n1C. The number of fused-ring (bicyclic) bond motifs is 1. The Morgan fingerprint density at radius 3 is 3.16 bits per heavy atom. The molecular formula is C14H20N4O. The first-order valence-corrected chi connectivity index (χ1v) is 6.88. The average Bonchev–Trinajstić information content (AvgIpc) is 3.01. The van der Waals surface area contributed by atoms with Crippen molar-refractivity contribution in [3.05, 3.63) is 24.3 Å². The fraction of sp³-hybridized carbons (Fsp3) is 0.571. The first kappa shape index (κ1) is 12.6. The van der Waals surface area contributed by atoms with Crippen LogP contribution in [0.3, 0.4) is 0 Å². The molecular weight excluding hydrogens is 240 g/mol. The number of pyridine rings is 1. The van der Waals surface area contributed by atoms with Crippen molar-refractivity contribution in [1.29, 1.82) is 0 Å². The van der Waals surface area contributed by atoms with Crippen LogP contribution >= 0.6 is 0 Å². The van der Waals surface area contributed by atoms with Gasteiger partial charge >= 0.3 is 0 Å². The lowest BCUT2D eigenvalue weighted by Crippen LogP contribution is -2.35. The Balaban J connectivity index is 1.92. The molecule has 0 radical (unpaired) electrons. The second kappa shape index (κ2) is 5.27. The van der Waals surface area contributed by atoms with E-state index in [1.54, 1.807) is 0 Å². The number of aryl methyl sites for hydroxylation is 1. The molecule has 0 aliphatic carbocycles. The first-order valence-electron chi connectivity index (χ1n) is 6.88. The van der Waals surface area contributed by atoms with Crippen LogP contribution < -0.4 is 5.32 Å². The van der Waals surface area contributed by atoms with Crippen molar-refractivity contribution in [3.63, 3.8) is 0 Å². The van der Waals surface area contributed by atoms with Gasteiger partial charge in [0.1, 0.15) is 11.3 Å². The zero-order valence-corrected chi connectivity index (χ0v) is 11.5. The van der Waals surface area contributed by atoms with Gasteiger partial charge in [-0.3, -0.25) is 4.98 Å². The third kappa shape index (κ3) is 2.24. The summed E-state index contributed by atoms with van der Waals surface area (Å²) in [5.74, 6) is 1.41. The standard InChI is InChI=1S/C14H20N4O/c1-3-5-16-12-9-19-8-10(12)14-17-11-7-15-6-4-13(11)18(14)2/h4,6-7,10,12,16H,3,5,8-9H2,1-2H3. The van der Waals surface area contributed by atoms with Crippen molar-refractivity contribution >= 4 is 11.0 Å². The maximum Gasteiger partial charge on any atom is 0.116 e. The molecule has 0 aromatic carbocycles. The lowest BCUT2D eigenvalue weighted by Gasteiger charge is -2.18. The molecule has 102 valence electrons. The summed E-state index contributed by atoms with van der Waals surface area (Å²) in [5.41, 5.74) is 2.09. The highest BCUT2D eigenvalue weighted by Gasteiger charge is 2.32. The first-order chi connectivity index (χ1) is 9.31. The van der Waals surface area contributed by atoms with E-state index in [1.165, 1.54) is 0 Å². The van der Waals surface area contributed by atoms with Crippen molar-refractivity contribution in [1.82, 2.24) is 19.9 Å². The topological polar surface area (TPSA) is 52.0 Å². The maximum absolute atomic E-state index is 5.64. The van der Waals surface area contributed by atoms with Crippen LogP contribution in [0, 0.1) is 0 Å². The van der Waals surface area contributed by atoms with Crippen LogP contribution in [0.1, 0.15) is 25.1 Å². The van der Waals surface area contributed by atoms with Gasteiger partial charge in [0.15, 0.2) is 0 Å². The number of aromatic nitrogens is 3. The second-order valence-corrected chi connectivity index (χ2v) is 5.10. The Labute approximate surface area is 113 Å². The van der Waals surface area contributed by atoms with Crippen LogP contribution in [0.15, 0.2) is 18.5 Å². The lowest BCUT2D eigenvalue weighted by atomic mass is 10.0. The van der Waals surface area contributed by atoms with E-state index in [2.05, 4.69) is 28.8 Å². The molecule has 1 aliphatic rings. The molecule has 0 saturated carbocycles. The molecule has 2 unspecified atom stereocenters. The van der Waals surface area contributed by atoms with Crippen molar-refractivity contribution in [3.8, 4) is 0 Å². The van der Waals surface area contributed by atoms with E-state index in [0.29, 0.717) is 12.0 Å². The third-order valence-electron chi connectivity index (χ3n) is 3.79. The maximum atomic E-state index is 5.64. The minimum absolute atomic E-state index is 0.323. The Bertz CT molecular complexity index is 566. The van der Waals surface area contributed by atoms with Gasteiger partial charge < -0.3 is 14.6 Å². The molecule has 3 rings (SSSR count). The van der Waals surface area contributed by atoms with Gasteiger partial charge in [0.05, 0.1) is 30.8 Å². The number of rotatable bonds is 4. The molecule has 2 aromatic rings. The number of hydrogen-bond donors (Lipinski definition) is 1. The van der Waals surface area contributed by atoms with Crippen LogP contribution in [0.5, 0.6) is 0 Å². The summed E-state index contributed by atoms with van der Waals surface area (Å²) in [4.78, 5) is 8.87. The fourth-order valence-electron chi connectivity index (χ4n) is 2.74. The van der Waals surface area contributed by atoms with Gasteiger partial charge in [-0.15, -0.1) is 0 Å². The number of nitrogens with zero attached hydrogens (tertiary/aromatic N) is 3. The van der Waals surface area contributed by atoms with E-state index < -0.39 is 0 Å². The minimum Gasteiger partial charge on any atom is -0.379 e. The number of imidazole rings is 1. The monoisotopic (exact) mass is 260 g/mol. The van der Waals surface area contributed by atoms with E-state index in [1.807, 2.05) is 18.5 Å². The predicted octanol–water partition coefficient (Wildman–Crippen LogP) is 1.45. The molecule has 1 aliphatic heterocycles. The van der Waals surface area contributed by atoms with Crippen molar-refractivity contribution in [2.75, 3.05) is 19.8 Å². The number of nitrogens with one attached hydrogen (secondary N) is 1. The number of hydrogen-bond acceptors (Lipinski definition) is 4. The normalized spacial score (nSPS) is 23.3. The second-order valence-electron chi connectivity index (χ2n) is 5.10. The van der Waals surface area contributed by atoms with E-state index in [4.69, 9.17) is 9.72 Å². The van der Waals surface area contributed by atoms with Crippen molar-refractivity contribution in [2.24, 2.45) is 7.05 Å². The van der Waals surface area contributed by atoms with Gasteiger partial charge in [-0.25, -0.2) is 4.98 Å². The summed E-state index contributed by atoms with van der Waals surface area (Å²) in [6.07, 6.45) is 4.77. The highest BCUT2D eigenvalue weighted by atomic mass is 16.5. The van der Waals surface area contributed by atoms with Crippen molar-refractivity contribution in [2.45, 2.75) is 25.3 Å². The molecule has 2 atom stereocenters. The molecule has 5 nitrogen and oxygen atoms in total. The minimum atomic E-state index is 0.323. The average molecular weight is 260 g/mol. The summed E-state index contributed by atoms with van der Waals surface area (Å²) >= 11 is 0. The quantitative estimate of drug-likeness (QED) is 0.904. The smallest absolute Gasteiger partial charge is 0.116 e. The largest absolute Gasteiger partial charge is 0.379 e. The zero-order valence-electron chi connectivity index (χ0n) is 11.5. The van der Waals surface area contributed by atoms with Crippen LogP contribution in [0.2, 0.25) is 0 Å². The highest BCUT2D eigenvalue weighted by Crippen LogP contribution is 2.27. The summed E-state index contributed by atoms with van der Waals surface area (Å²) < 4.78 is 7.80. The Kier molecular flexibility index (Phi) is 3.48. The fourth-order valence-corrected chi connectivity index (χ4v) is 2.74. The molecule has 2 aromatic heterocycles. The Morgan fingerprint density at radius 1 is 1.47 bits per heavy atom. The van der Waals surface area contributed by atoms with Crippen LogP contribution in [-0.4, -0.2) is 40.3 Å². The van der Waals surface area contributed by atoms with Gasteiger partial charge in [-0.1, -0.05) is 6.92 Å². The Morgan fingerprint density at radius 2 is 2.37 bits per heavy atom. The molecule has 1 saturated heterocycles. The van der Waals surface area contributed by atoms with Gasteiger partial charge in [-0.2, -0.15) is 0 Å². The van der Waals surface area contributed by atoms with Gasteiger partial charge in [-0.05, 0) is 19.0 Å². The van der Waals surface area contributed by atoms with Gasteiger partial charge in [0, 0.05) is 19.3 Å². The van der Waals surface area contributed by atoms with E-state index >= 15 is 0 Å². The molecule has 1 N–H and O–H groups in total. The summed E-state index contributed by atoms with van der Waals surface area (Å²) in [5, 5.41) is 3.56.